The molecule has 0 unspecified atom stereocenters. The summed E-state index contributed by atoms with van der Waals surface area (Å²) in [5.41, 5.74) is 2.01. The largest absolute Gasteiger partial charge is 0.299 e. The zero-order chi connectivity index (χ0) is 14.2. The molecule has 0 saturated carbocycles. The lowest BCUT2D eigenvalue weighted by molar-refractivity contribution is -0.123. The van der Waals surface area contributed by atoms with E-state index in [4.69, 9.17) is 0 Å². The fraction of sp³-hybridized carbons (Fsp3) is 0.222. The van der Waals surface area contributed by atoms with Crippen molar-refractivity contribution in [2.75, 3.05) is 0 Å². The zero-order valence-corrected chi connectivity index (χ0v) is 11.4. The van der Waals surface area contributed by atoms with Crippen molar-refractivity contribution in [3.63, 3.8) is 0 Å². The Hall–Kier alpha value is -2.22. The maximum absolute atomic E-state index is 11.8. The Morgan fingerprint density at radius 1 is 0.600 bits per heavy atom. The Kier molecular flexibility index (Phi) is 5.24. The van der Waals surface area contributed by atoms with Gasteiger partial charge in [0.2, 0.25) is 0 Å². The van der Waals surface area contributed by atoms with E-state index in [9.17, 15) is 9.59 Å². The van der Waals surface area contributed by atoms with E-state index < -0.39 is 0 Å². The molecule has 0 heterocycles. The molecule has 2 aromatic rings. The molecule has 0 saturated heterocycles. The van der Waals surface area contributed by atoms with E-state index in [1.165, 1.54) is 0 Å². The van der Waals surface area contributed by atoms with Crippen LogP contribution in [0.2, 0.25) is 0 Å². The van der Waals surface area contributed by atoms with E-state index >= 15 is 0 Å². The summed E-state index contributed by atoms with van der Waals surface area (Å²) in [6, 6.07) is 19.3. The SMILES string of the molecule is O=C(CCC(=O)Cc1ccccc1)Cc1ccccc1. The number of hydrogen-bond acceptors (Lipinski definition) is 2. The van der Waals surface area contributed by atoms with Crippen LogP contribution < -0.4 is 0 Å². The van der Waals surface area contributed by atoms with Gasteiger partial charge in [0.1, 0.15) is 11.6 Å². The molecular formula is C18H18O2. The summed E-state index contributed by atoms with van der Waals surface area (Å²) in [5.74, 6) is 0.246. The topological polar surface area (TPSA) is 34.1 Å². The highest BCUT2D eigenvalue weighted by molar-refractivity contribution is 5.88. The van der Waals surface area contributed by atoms with E-state index in [2.05, 4.69) is 0 Å². The molecule has 102 valence electrons. The second-order valence-corrected chi connectivity index (χ2v) is 4.90. The Bertz CT molecular complexity index is 505. The highest BCUT2D eigenvalue weighted by atomic mass is 16.1. The van der Waals surface area contributed by atoms with Gasteiger partial charge in [-0.3, -0.25) is 9.59 Å². The summed E-state index contributed by atoms with van der Waals surface area (Å²) in [6.07, 6.45) is 1.50. The molecular weight excluding hydrogens is 248 g/mol. The van der Waals surface area contributed by atoms with Gasteiger partial charge in [-0.05, 0) is 11.1 Å². The lowest BCUT2D eigenvalue weighted by Crippen LogP contribution is -2.08. The van der Waals surface area contributed by atoms with Gasteiger partial charge in [-0.25, -0.2) is 0 Å². The van der Waals surface area contributed by atoms with Gasteiger partial charge in [-0.15, -0.1) is 0 Å². The maximum atomic E-state index is 11.8. The minimum Gasteiger partial charge on any atom is -0.299 e. The fourth-order valence-corrected chi connectivity index (χ4v) is 2.10. The summed E-state index contributed by atoms with van der Waals surface area (Å²) in [7, 11) is 0. The molecule has 0 radical (unpaired) electrons. The van der Waals surface area contributed by atoms with Gasteiger partial charge in [0.15, 0.2) is 0 Å². The monoisotopic (exact) mass is 266 g/mol. The average Bonchev–Trinajstić information content (AvgIpc) is 2.47. The lowest BCUT2D eigenvalue weighted by Gasteiger charge is -2.02. The highest BCUT2D eigenvalue weighted by Gasteiger charge is 2.08. The number of hydrogen-bond donors (Lipinski definition) is 0. The average molecular weight is 266 g/mol. The van der Waals surface area contributed by atoms with E-state index in [1.54, 1.807) is 0 Å². The van der Waals surface area contributed by atoms with Crippen molar-refractivity contribution >= 4 is 11.6 Å². The second kappa shape index (κ2) is 7.39. The van der Waals surface area contributed by atoms with Crippen LogP contribution in [0.3, 0.4) is 0 Å². The Balaban J connectivity index is 1.75. The van der Waals surface area contributed by atoms with Crippen molar-refractivity contribution in [2.24, 2.45) is 0 Å². The predicted octanol–water partition coefficient (Wildman–Crippen LogP) is 3.39. The Morgan fingerprint density at radius 2 is 0.950 bits per heavy atom. The first-order valence-corrected chi connectivity index (χ1v) is 6.85. The lowest BCUT2D eigenvalue weighted by atomic mass is 10.0. The summed E-state index contributed by atoms with van der Waals surface area (Å²) in [4.78, 5) is 23.6. The molecule has 0 aliphatic carbocycles. The minimum absolute atomic E-state index is 0.123. The van der Waals surface area contributed by atoms with Gasteiger partial charge in [-0.1, -0.05) is 60.7 Å². The van der Waals surface area contributed by atoms with Crippen molar-refractivity contribution in [3.8, 4) is 0 Å². The number of rotatable bonds is 7. The van der Waals surface area contributed by atoms with Crippen LogP contribution in [-0.4, -0.2) is 11.6 Å². The molecule has 0 aliphatic rings. The number of benzene rings is 2. The van der Waals surface area contributed by atoms with E-state index in [0.29, 0.717) is 25.7 Å². The first-order chi connectivity index (χ1) is 9.74. The first kappa shape index (κ1) is 14.2. The third-order valence-electron chi connectivity index (χ3n) is 3.17. The first-order valence-electron chi connectivity index (χ1n) is 6.85. The molecule has 2 nitrogen and oxygen atoms in total. The Labute approximate surface area is 119 Å². The number of Topliss-reactive ketones (excluding diaryl/α,β-unsaturated/α-hetero) is 2. The van der Waals surface area contributed by atoms with Crippen LogP contribution in [0.15, 0.2) is 60.7 Å². The summed E-state index contributed by atoms with van der Waals surface area (Å²) in [5, 5.41) is 0. The van der Waals surface area contributed by atoms with E-state index in [0.717, 1.165) is 11.1 Å². The van der Waals surface area contributed by atoms with Crippen LogP contribution >= 0.6 is 0 Å². The third-order valence-corrected chi connectivity index (χ3v) is 3.17. The smallest absolute Gasteiger partial charge is 0.137 e. The molecule has 0 bridgehead atoms. The van der Waals surface area contributed by atoms with E-state index in [-0.39, 0.29) is 11.6 Å². The highest BCUT2D eigenvalue weighted by Crippen LogP contribution is 2.06. The van der Waals surface area contributed by atoms with Crippen LogP contribution in [0.5, 0.6) is 0 Å². The van der Waals surface area contributed by atoms with Crippen molar-refractivity contribution in [3.05, 3.63) is 71.8 Å². The van der Waals surface area contributed by atoms with Crippen LogP contribution in [0.4, 0.5) is 0 Å². The van der Waals surface area contributed by atoms with Gasteiger partial charge in [-0.2, -0.15) is 0 Å². The van der Waals surface area contributed by atoms with Crippen LogP contribution in [0.25, 0.3) is 0 Å². The summed E-state index contributed by atoms with van der Waals surface area (Å²) in [6.45, 7) is 0. The Morgan fingerprint density at radius 3 is 1.30 bits per heavy atom. The molecule has 0 amide bonds. The molecule has 0 atom stereocenters. The molecule has 0 aromatic heterocycles. The van der Waals surface area contributed by atoms with Crippen molar-refractivity contribution < 1.29 is 9.59 Å². The number of carbonyl (C=O) groups excluding carboxylic acids is 2. The minimum atomic E-state index is 0.123. The van der Waals surface area contributed by atoms with Crippen molar-refractivity contribution in [2.45, 2.75) is 25.7 Å². The standard InChI is InChI=1S/C18H18O2/c19-17(13-15-7-3-1-4-8-15)11-12-18(20)14-16-9-5-2-6-10-16/h1-10H,11-14H2. The zero-order valence-electron chi connectivity index (χ0n) is 11.4. The molecule has 20 heavy (non-hydrogen) atoms. The molecule has 0 spiro atoms. The molecule has 0 N–H and O–H groups in total. The van der Waals surface area contributed by atoms with Crippen LogP contribution in [0.1, 0.15) is 24.0 Å². The fourth-order valence-electron chi connectivity index (χ4n) is 2.10. The number of ketones is 2. The van der Waals surface area contributed by atoms with Gasteiger partial charge < -0.3 is 0 Å². The van der Waals surface area contributed by atoms with Crippen LogP contribution in [0, 0.1) is 0 Å². The molecule has 0 aliphatic heterocycles. The molecule has 2 rings (SSSR count). The van der Waals surface area contributed by atoms with Crippen molar-refractivity contribution in [1.82, 2.24) is 0 Å². The summed E-state index contributed by atoms with van der Waals surface area (Å²) >= 11 is 0. The molecule has 2 heteroatoms. The summed E-state index contributed by atoms with van der Waals surface area (Å²) < 4.78 is 0. The second-order valence-electron chi connectivity index (χ2n) is 4.90. The molecule has 2 aromatic carbocycles. The van der Waals surface area contributed by atoms with Crippen molar-refractivity contribution in [1.29, 1.82) is 0 Å². The van der Waals surface area contributed by atoms with Crippen LogP contribution in [-0.2, 0) is 22.4 Å². The predicted molar refractivity (Wildman–Crippen MR) is 79.5 cm³/mol. The van der Waals surface area contributed by atoms with Gasteiger partial charge in [0.25, 0.3) is 0 Å². The van der Waals surface area contributed by atoms with Gasteiger partial charge in [0, 0.05) is 25.7 Å². The molecule has 0 fully saturated rings. The van der Waals surface area contributed by atoms with Gasteiger partial charge in [0.05, 0.1) is 0 Å². The quantitative estimate of drug-likeness (QED) is 0.769. The maximum Gasteiger partial charge on any atom is 0.137 e. The van der Waals surface area contributed by atoms with Gasteiger partial charge >= 0.3 is 0 Å². The normalized spacial score (nSPS) is 10.2. The number of carbonyl (C=O) groups is 2. The van der Waals surface area contributed by atoms with E-state index in [1.807, 2.05) is 60.7 Å². The third kappa shape index (κ3) is 4.81.